The molecule has 3 heteroatoms. The summed E-state index contributed by atoms with van der Waals surface area (Å²) in [6, 6.07) is 10.3. The lowest BCUT2D eigenvalue weighted by Gasteiger charge is -2.06. The fourth-order valence-electron chi connectivity index (χ4n) is 0.970. The van der Waals surface area contributed by atoms with Crippen LogP contribution in [0.4, 0.5) is 0 Å². The maximum absolute atomic E-state index is 5.44. The Morgan fingerprint density at radius 2 is 1.83 bits per heavy atom. The molecule has 0 aliphatic heterocycles. The lowest BCUT2D eigenvalue weighted by atomic mass is 10.1. The second kappa shape index (κ2) is 6.52. The largest absolute Gasteiger partial charge is 0.329 e. The van der Waals surface area contributed by atoms with Gasteiger partial charge in [0.2, 0.25) is 0 Å². The predicted molar refractivity (Wildman–Crippen MR) is 62.3 cm³/mol. The first-order valence-corrected chi connectivity index (χ1v) is 4.26. The van der Waals surface area contributed by atoms with Crippen LogP contribution >= 0.6 is 29.6 Å². The maximum atomic E-state index is 5.44. The number of halogens is 1. The second-order valence-electron chi connectivity index (χ2n) is 2.58. The monoisotopic (exact) mass is 247 g/mol. The van der Waals surface area contributed by atoms with Crippen LogP contribution in [-0.2, 0) is 6.42 Å². The molecule has 12 heavy (non-hydrogen) atoms. The Bertz CT molecular complexity index is 203. The molecule has 1 nitrogen and oxygen atoms in total. The van der Waals surface area contributed by atoms with Crippen molar-refractivity contribution in [3.8, 4) is 0 Å². The highest BCUT2D eigenvalue weighted by atomic mass is 79.9. The van der Waals surface area contributed by atoms with Gasteiger partial charge in [-0.1, -0.05) is 30.3 Å². The van der Waals surface area contributed by atoms with Gasteiger partial charge in [0.15, 0.2) is 0 Å². The molecule has 1 atom stereocenters. The van der Waals surface area contributed by atoms with Gasteiger partial charge in [0.25, 0.3) is 0 Å². The van der Waals surface area contributed by atoms with E-state index in [1.165, 1.54) is 5.56 Å². The standard InChI is InChI=1S/C9H13NS.BrH/c10-7-9(11)6-8-4-2-1-3-5-8;/h1-5,9,11H,6-7,10H2;1H. The molecule has 1 unspecified atom stereocenters. The molecule has 0 aromatic heterocycles. The first-order chi connectivity index (χ1) is 5.33. The van der Waals surface area contributed by atoms with Gasteiger partial charge in [0, 0.05) is 11.8 Å². The van der Waals surface area contributed by atoms with Gasteiger partial charge >= 0.3 is 0 Å². The number of thiol groups is 1. The number of hydrogen-bond acceptors (Lipinski definition) is 2. The SMILES string of the molecule is Br.NCC(S)Cc1ccccc1. The summed E-state index contributed by atoms with van der Waals surface area (Å²) in [4.78, 5) is 0. The minimum Gasteiger partial charge on any atom is -0.329 e. The first kappa shape index (κ1) is 12.0. The number of benzene rings is 1. The Labute approximate surface area is 89.5 Å². The highest BCUT2D eigenvalue weighted by molar-refractivity contribution is 8.93. The summed E-state index contributed by atoms with van der Waals surface area (Å²) < 4.78 is 0. The van der Waals surface area contributed by atoms with Gasteiger partial charge in [0.1, 0.15) is 0 Å². The van der Waals surface area contributed by atoms with E-state index in [4.69, 9.17) is 5.73 Å². The van der Waals surface area contributed by atoms with E-state index in [9.17, 15) is 0 Å². The van der Waals surface area contributed by atoms with Gasteiger partial charge in [-0.2, -0.15) is 12.6 Å². The molecule has 0 radical (unpaired) electrons. The molecule has 0 saturated carbocycles. The fraction of sp³-hybridized carbons (Fsp3) is 0.333. The van der Waals surface area contributed by atoms with Crippen molar-refractivity contribution in [2.24, 2.45) is 5.73 Å². The maximum Gasteiger partial charge on any atom is 0.0180 e. The molecule has 0 bridgehead atoms. The van der Waals surface area contributed by atoms with Crippen molar-refractivity contribution < 1.29 is 0 Å². The van der Waals surface area contributed by atoms with E-state index >= 15 is 0 Å². The summed E-state index contributed by atoms with van der Waals surface area (Å²) in [5.41, 5.74) is 6.75. The van der Waals surface area contributed by atoms with Gasteiger partial charge in [-0.05, 0) is 12.0 Å². The Kier molecular flexibility index (Phi) is 6.52. The molecule has 0 aliphatic rings. The van der Waals surface area contributed by atoms with E-state index in [1.54, 1.807) is 0 Å². The van der Waals surface area contributed by atoms with Crippen molar-refractivity contribution in [2.75, 3.05) is 6.54 Å². The van der Waals surface area contributed by atoms with Crippen molar-refractivity contribution in [2.45, 2.75) is 11.7 Å². The Hall–Kier alpha value is 0.0100. The van der Waals surface area contributed by atoms with Crippen molar-refractivity contribution in [3.63, 3.8) is 0 Å². The van der Waals surface area contributed by atoms with Crippen LogP contribution in [0, 0.1) is 0 Å². The van der Waals surface area contributed by atoms with Crippen LogP contribution in [0.25, 0.3) is 0 Å². The zero-order valence-corrected chi connectivity index (χ0v) is 9.42. The lowest BCUT2D eigenvalue weighted by molar-refractivity contribution is 0.859. The van der Waals surface area contributed by atoms with Crippen molar-refractivity contribution in [3.05, 3.63) is 35.9 Å². The molecule has 1 aromatic rings. The molecule has 0 fully saturated rings. The summed E-state index contributed by atoms with van der Waals surface area (Å²) in [5.74, 6) is 0. The summed E-state index contributed by atoms with van der Waals surface area (Å²) in [6.07, 6.45) is 0.959. The van der Waals surface area contributed by atoms with Crippen LogP contribution in [0.15, 0.2) is 30.3 Å². The van der Waals surface area contributed by atoms with Crippen LogP contribution in [-0.4, -0.2) is 11.8 Å². The third-order valence-corrected chi connectivity index (χ3v) is 1.98. The third-order valence-electron chi connectivity index (χ3n) is 1.59. The highest BCUT2D eigenvalue weighted by Gasteiger charge is 1.99. The number of hydrogen-bond donors (Lipinski definition) is 2. The van der Waals surface area contributed by atoms with Crippen molar-refractivity contribution in [1.29, 1.82) is 0 Å². The Morgan fingerprint density at radius 1 is 1.25 bits per heavy atom. The molecule has 1 aromatic carbocycles. The fourth-order valence-corrected chi connectivity index (χ4v) is 1.18. The average Bonchev–Trinajstić information content (AvgIpc) is 2.06. The molecule has 1 rings (SSSR count). The second-order valence-corrected chi connectivity index (χ2v) is 3.31. The zero-order valence-electron chi connectivity index (χ0n) is 6.81. The molecule has 0 heterocycles. The van der Waals surface area contributed by atoms with Gasteiger partial charge in [-0.25, -0.2) is 0 Å². The molecule has 0 amide bonds. The molecule has 0 aliphatic carbocycles. The number of rotatable bonds is 3. The van der Waals surface area contributed by atoms with E-state index in [0.29, 0.717) is 6.54 Å². The van der Waals surface area contributed by atoms with Gasteiger partial charge in [-0.15, -0.1) is 17.0 Å². The Balaban J connectivity index is 0.00000121. The summed E-state index contributed by atoms with van der Waals surface area (Å²) in [6.45, 7) is 0.637. The van der Waals surface area contributed by atoms with Crippen LogP contribution in [0.1, 0.15) is 5.56 Å². The summed E-state index contributed by atoms with van der Waals surface area (Å²) >= 11 is 4.32. The molecule has 2 N–H and O–H groups in total. The number of nitrogens with two attached hydrogens (primary N) is 1. The van der Waals surface area contributed by atoms with Crippen molar-refractivity contribution >= 4 is 29.6 Å². The van der Waals surface area contributed by atoms with Crippen molar-refractivity contribution in [1.82, 2.24) is 0 Å². The van der Waals surface area contributed by atoms with Gasteiger partial charge in [-0.3, -0.25) is 0 Å². The van der Waals surface area contributed by atoms with E-state index < -0.39 is 0 Å². The average molecular weight is 248 g/mol. The third kappa shape index (κ3) is 4.14. The zero-order chi connectivity index (χ0) is 8.10. The summed E-state index contributed by atoms with van der Waals surface area (Å²) in [5, 5.41) is 0.289. The normalized spacial score (nSPS) is 11.8. The van der Waals surface area contributed by atoms with E-state index in [1.807, 2.05) is 18.2 Å². The molecule has 0 spiro atoms. The van der Waals surface area contributed by atoms with E-state index in [0.717, 1.165) is 6.42 Å². The Morgan fingerprint density at radius 3 is 2.33 bits per heavy atom. The van der Waals surface area contributed by atoms with Crippen LogP contribution in [0.5, 0.6) is 0 Å². The van der Waals surface area contributed by atoms with Crippen LogP contribution in [0.3, 0.4) is 0 Å². The minimum atomic E-state index is 0. The van der Waals surface area contributed by atoms with Gasteiger partial charge in [0.05, 0.1) is 0 Å². The van der Waals surface area contributed by atoms with E-state index in [2.05, 4.69) is 24.8 Å². The van der Waals surface area contributed by atoms with Gasteiger partial charge < -0.3 is 5.73 Å². The van der Waals surface area contributed by atoms with E-state index in [-0.39, 0.29) is 22.2 Å². The quantitative estimate of drug-likeness (QED) is 0.787. The van der Waals surface area contributed by atoms with Crippen LogP contribution in [0.2, 0.25) is 0 Å². The predicted octanol–water partition coefficient (Wildman–Crippen LogP) is 2.06. The minimum absolute atomic E-state index is 0. The lowest BCUT2D eigenvalue weighted by Crippen LogP contribution is -2.16. The molecule has 68 valence electrons. The molecular formula is C9H14BrNS. The topological polar surface area (TPSA) is 26.0 Å². The molecular weight excluding hydrogens is 234 g/mol. The summed E-state index contributed by atoms with van der Waals surface area (Å²) in [7, 11) is 0. The molecule has 0 saturated heterocycles. The van der Waals surface area contributed by atoms with Crippen LogP contribution < -0.4 is 5.73 Å². The highest BCUT2D eigenvalue weighted by Crippen LogP contribution is 2.05. The first-order valence-electron chi connectivity index (χ1n) is 3.75. The smallest absolute Gasteiger partial charge is 0.0180 e.